The molecule has 0 unspecified atom stereocenters. The molecular weight excluding hydrogens is 398 g/mol. The fourth-order valence-corrected chi connectivity index (χ4v) is 6.04. The molecule has 3 rings (SSSR count). The van der Waals surface area contributed by atoms with E-state index in [1.165, 1.54) is 25.7 Å². The van der Waals surface area contributed by atoms with Gasteiger partial charge < -0.3 is 15.1 Å². The maximum atomic E-state index is 12.3. The molecule has 4 heteroatoms. The van der Waals surface area contributed by atoms with Gasteiger partial charge in [0.05, 0.1) is 11.7 Å². The number of allylic oxidation sites excluding steroid dienone is 2. The summed E-state index contributed by atoms with van der Waals surface area (Å²) in [5.41, 5.74) is 0.923. The van der Waals surface area contributed by atoms with Crippen molar-refractivity contribution in [2.24, 2.45) is 17.8 Å². The highest BCUT2D eigenvalue weighted by Gasteiger charge is 2.43. The van der Waals surface area contributed by atoms with Gasteiger partial charge in [0.25, 0.3) is 0 Å². The van der Waals surface area contributed by atoms with E-state index < -0.39 is 5.60 Å². The van der Waals surface area contributed by atoms with Crippen LogP contribution in [0.15, 0.2) is 23.8 Å². The van der Waals surface area contributed by atoms with Crippen molar-refractivity contribution in [3.8, 4) is 0 Å². The standard InChI is InChI=1S/C28H47NO3/c1-3-4-15-28(2,32)16-11-13-24-25-20-22(19-23(25)21-26(24)30)12-7-5-8-14-27(31)29-17-9-6-10-18-29/h11,13,19,23-26,30,32H,3-10,12,14-18,20-21H2,1-2H3/b13-11+/t23-,24+,25-,26+,28-/m0/s1. The molecule has 32 heavy (non-hydrogen) atoms. The van der Waals surface area contributed by atoms with E-state index in [2.05, 4.69) is 30.1 Å². The second kappa shape index (κ2) is 12.4. The maximum absolute atomic E-state index is 12.3. The molecule has 2 N–H and O–H groups in total. The minimum atomic E-state index is -0.635. The lowest BCUT2D eigenvalue weighted by atomic mass is 9.87. The highest BCUT2D eigenvalue weighted by molar-refractivity contribution is 5.76. The highest BCUT2D eigenvalue weighted by atomic mass is 16.3. The van der Waals surface area contributed by atoms with Gasteiger partial charge in [0.2, 0.25) is 5.91 Å². The number of carbonyl (C=O) groups excluding carboxylic acids is 1. The van der Waals surface area contributed by atoms with Gasteiger partial charge in [-0.2, -0.15) is 0 Å². The highest BCUT2D eigenvalue weighted by Crippen LogP contribution is 2.48. The van der Waals surface area contributed by atoms with Gasteiger partial charge in [-0.3, -0.25) is 4.79 Å². The number of aliphatic hydroxyl groups excluding tert-OH is 1. The van der Waals surface area contributed by atoms with E-state index in [1.54, 1.807) is 5.57 Å². The average Bonchev–Trinajstić information content (AvgIpc) is 3.29. The molecule has 3 aliphatic rings. The van der Waals surface area contributed by atoms with Crippen molar-refractivity contribution in [2.75, 3.05) is 13.1 Å². The second-order valence-electron chi connectivity index (χ2n) is 11.0. The lowest BCUT2D eigenvalue weighted by Crippen LogP contribution is -2.35. The first-order valence-corrected chi connectivity index (χ1v) is 13.4. The van der Waals surface area contributed by atoms with E-state index in [-0.39, 0.29) is 12.0 Å². The summed E-state index contributed by atoms with van der Waals surface area (Å²) in [5.74, 6) is 1.61. The Morgan fingerprint density at radius 1 is 1.19 bits per heavy atom. The van der Waals surface area contributed by atoms with Crippen molar-refractivity contribution >= 4 is 5.91 Å². The first-order chi connectivity index (χ1) is 15.4. The van der Waals surface area contributed by atoms with Gasteiger partial charge in [0.1, 0.15) is 0 Å². The van der Waals surface area contributed by atoms with E-state index in [1.807, 2.05) is 6.92 Å². The first-order valence-electron chi connectivity index (χ1n) is 13.4. The number of fused-ring (bicyclic) bond motifs is 1. The summed E-state index contributed by atoms with van der Waals surface area (Å²) in [5, 5.41) is 21.1. The van der Waals surface area contributed by atoms with E-state index in [9.17, 15) is 15.0 Å². The molecule has 2 aliphatic carbocycles. The van der Waals surface area contributed by atoms with Crippen molar-refractivity contribution in [3.05, 3.63) is 23.8 Å². The molecule has 4 nitrogen and oxygen atoms in total. The average molecular weight is 446 g/mol. The number of hydrogen-bond donors (Lipinski definition) is 2. The molecule has 0 aromatic rings. The van der Waals surface area contributed by atoms with Crippen LogP contribution < -0.4 is 0 Å². The van der Waals surface area contributed by atoms with Crippen molar-refractivity contribution in [1.82, 2.24) is 4.90 Å². The Labute approximate surface area is 196 Å². The normalized spacial score (nSPS) is 29.9. The van der Waals surface area contributed by atoms with Crippen LogP contribution in [0.3, 0.4) is 0 Å². The monoisotopic (exact) mass is 445 g/mol. The topological polar surface area (TPSA) is 60.8 Å². The Morgan fingerprint density at radius 3 is 2.72 bits per heavy atom. The van der Waals surface area contributed by atoms with E-state index >= 15 is 0 Å². The van der Waals surface area contributed by atoms with Crippen molar-refractivity contribution in [1.29, 1.82) is 0 Å². The Hall–Kier alpha value is -1.13. The Bertz CT molecular complexity index is 647. The van der Waals surface area contributed by atoms with E-state index in [0.29, 0.717) is 30.6 Å². The van der Waals surface area contributed by atoms with E-state index in [4.69, 9.17) is 0 Å². The molecular formula is C28H47NO3. The van der Waals surface area contributed by atoms with Crippen molar-refractivity contribution < 1.29 is 15.0 Å². The van der Waals surface area contributed by atoms with Crippen LogP contribution in [0.25, 0.3) is 0 Å². The van der Waals surface area contributed by atoms with Gasteiger partial charge in [-0.15, -0.1) is 0 Å². The van der Waals surface area contributed by atoms with E-state index in [0.717, 1.165) is 64.5 Å². The minimum absolute atomic E-state index is 0.220. The number of piperidine rings is 1. The van der Waals surface area contributed by atoms with Crippen molar-refractivity contribution in [2.45, 2.75) is 115 Å². The molecule has 1 saturated carbocycles. The van der Waals surface area contributed by atoms with Gasteiger partial charge in [0.15, 0.2) is 0 Å². The van der Waals surface area contributed by atoms with Crippen LogP contribution in [0, 0.1) is 17.8 Å². The Balaban J connectivity index is 1.35. The molecule has 0 radical (unpaired) electrons. The zero-order valence-electron chi connectivity index (χ0n) is 20.6. The predicted octanol–water partition coefficient (Wildman–Crippen LogP) is 5.78. The molecule has 0 aromatic carbocycles. The molecule has 0 spiro atoms. The fourth-order valence-electron chi connectivity index (χ4n) is 6.04. The Kier molecular flexibility index (Phi) is 9.85. The molecule has 182 valence electrons. The largest absolute Gasteiger partial charge is 0.392 e. The van der Waals surface area contributed by atoms with Crippen LogP contribution in [0.5, 0.6) is 0 Å². The zero-order valence-corrected chi connectivity index (χ0v) is 20.6. The van der Waals surface area contributed by atoms with Gasteiger partial charge in [-0.05, 0) is 83.0 Å². The van der Waals surface area contributed by atoms with Crippen molar-refractivity contribution in [3.63, 3.8) is 0 Å². The summed E-state index contributed by atoms with van der Waals surface area (Å²) in [7, 11) is 0. The third-order valence-electron chi connectivity index (χ3n) is 8.03. The molecule has 2 fully saturated rings. The summed E-state index contributed by atoms with van der Waals surface area (Å²) >= 11 is 0. The lowest BCUT2D eigenvalue weighted by molar-refractivity contribution is -0.132. The summed E-state index contributed by atoms with van der Waals surface area (Å²) in [4.78, 5) is 14.3. The molecule has 1 amide bonds. The van der Waals surface area contributed by atoms with Crippen LogP contribution in [0.2, 0.25) is 0 Å². The number of amides is 1. The van der Waals surface area contributed by atoms with Gasteiger partial charge in [0, 0.05) is 25.4 Å². The molecule has 1 saturated heterocycles. The smallest absolute Gasteiger partial charge is 0.222 e. The Morgan fingerprint density at radius 2 is 1.97 bits per heavy atom. The van der Waals surface area contributed by atoms with Crippen LogP contribution in [0.4, 0.5) is 0 Å². The van der Waals surface area contributed by atoms with Gasteiger partial charge >= 0.3 is 0 Å². The number of aliphatic hydroxyl groups is 2. The number of rotatable bonds is 12. The zero-order chi connectivity index (χ0) is 23.0. The fraction of sp³-hybridized carbons (Fsp3) is 0.821. The third-order valence-corrected chi connectivity index (χ3v) is 8.03. The van der Waals surface area contributed by atoms with Crippen LogP contribution in [-0.4, -0.2) is 45.8 Å². The maximum Gasteiger partial charge on any atom is 0.222 e. The summed E-state index contributed by atoms with van der Waals surface area (Å²) < 4.78 is 0. The van der Waals surface area contributed by atoms with Gasteiger partial charge in [-0.25, -0.2) is 0 Å². The summed E-state index contributed by atoms with van der Waals surface area (Å²) in [6.45, 7) is 6.01. The number of carbonyl (C=O) groups is 1. The summed E-state index contributed by atoms with van der Waals surface area (Å²) in [6, 6.07) is 0. The molecule has 1 aliphatic heterocycles. The second-order valence-corrected chi connectivity index (χ2v) is 11.0. The minimum Gasteiger partial charge on any atom is -0.392 e. The quantitative estimate of drug-likeness (QED) is 0.296. The first kappa shape index (κ1) is 25.5. The summed E-state index contributed by atoms with van der Waals surface area (Å²) in [6.07, 6.45) is 20.9. The predicted molar refractivity (Wildman–Crippen MR) is 131 cm³/mol. The molecule has 0 bridgehead atoms. The van der Waals surface area contributed by atoms with Crippen LogP contribution in [-0.2, 0) is 4.79 Å². The number of hydrogen-bond acceptors (Lipinski definition) is 3. The van der Waals surface area contributed by atoms with Crippen LogP contribution >= 0.6 is 0 Å². The molecule has 0 aromatic heterocycles. The molecule has 5 atom stereocenters. The number of unbranched alkanes of at least 4 members (excludes halogenated alkanes) is 3. The third kappa shape index (κ3) is 7.45. The van der Waals surface area contributed by atoms with Crippen LogP contribution in [0.1, 0.15) is 104 Å². The number of nitrogens with zero attached hydrogens (tertiary/aromatic N) is 1. The molecule has 1 heterocycles. The lowest BCUT2D eigenvalue weighted by Gasteiger charge is -2.26. The number of likely N-dealkylation sites (tertiary alicyclic amines) is 1. The SMILES string of the molecule is CCCC[C@](C)(O)C/C=C/[C@@H]1[C@H]2CC(CCCCCC(=O)N3CCCCC3)=C[C@H]2C[C@H]1O. The van der Waals surface area contributed by atoms with Gasteiger partial charge in [-0.1, -0.05) is 50.0 Å².